The second-order valence-corrected chi connectivity index (χ2v) is 4.38. The summed E-state index contributed by atoms with van der Waals surface area (Å²) in [6.07, 6.45) is -0.573. The first-order valence-corrected chi connectivity index (χ1v) is 5.40. The van der Waals surface area contributed by atoms with Gasteiger partial charge in [0.1, 0.15) is 5.75 Å². The standard InChI is InChI=1S/C12H17ClO2/c1-7(2)10-5-9(13)6-11(8(3)14)12(10)15-4/h5-8,14H,1-4H3. The third-order valence-corrected chi connectivity index (χ3v) is 2.61. The van der Waals surface area contributed by atoms with Crippen LogP contribution in [-0.2, 0) is 0 Å². The summed E-state index contributed by atoms with van der Waals surface area (Å²) in [5.41, 5.74) is 1.77. The van der Waals surface area contributed by atoms with Crippen molar-refractivity contribution in [2.45, 2.75) is 32.8 Å². The lowest BCUT2D eigenvalue weighted by Gasteiger charge is -2.18. The van der Waals surface area contributed by atoms with Crippen LogP contribution < -0.4 is 4.74 Å². The molecular weight excluding hydrogens is 212 g/mol. The molecule has 1 N–H and O–H groups in total. The highest BCUT2D eigenvalue weighted by Crippen LogP contribution is 2.36. The van der Waals surface area contributed by atoms with Gasteiger partial charge >= 0.3 is 0 Å². The predicted molar refractivity (Wildman–Crippen MR) is 62.7 cm³/mol. The molecular formula is C12H17ClO2. The van der Waals surface area contributed by atoms with Gasteiger partial charge in [-0.05, 0) is 30.5 Å². The molecule has 0 amide bonds. The van der Waals surface area contributed by atoms with Crippen LogP contribution in [0.5, 0.6) is 5.75 Å². The van der Waals surface area contributed by atoms with Crippen LogP contribution in [0.1, 0.15) is 43.9 Å². The molecule has 1 atom stereocenters. The molecule has 0 aliphatic heterocycles. The molecule has 1 unspecified atom stereocenters. The lowest BCUT2D eigenvalue weighted by Crippen LogP contribution is -2.02. The molecule has 3 heteroatoms. The summed E-state index contributed by atoms with van der Waals surface area (Å²) >= 11 is 6.00. The maximum Gasteiger partial charge on any atom is 0.128 e. The molecule has 0 saturated heterocycles. The molecule has 0 heterocycles. The Labute approximate surface area is 95.8 Å². The molecule has 1 rings (SSSR count). The molecule has 84 valence electrons. The summed E-state index contributed by atoms with van der Waals surface area (Å²) in [6, 6.07) is 3.63. The first-order chi connectivity index (χ1) is 6.97. The topological polar surface area (TPSA) is 29.5 Å². The molecule has 0 spiro atoms. The summed E-state index contributed by atoms with van der Waals surface area (Å²) in [7, 11) is 1.61. The van der Waals surface area contributed by atoms with Crippen LogP contribution in [0.4, 0.5) is 0 Å². The normalized spacial score (nSPS) is 13.0. The number of ether oxygens (including phenoxy) is 1. The fourth-order valence-electron chi connectivity index (χ4n) is 1.61. The van der Waals surface area contributed by atoms with Gasteiger partial charge in [-0.15, -0.1) is 0 Å². The lowest BCUT2D eigenvalue weighted by atomic mass is 9.97. The summed E-state index contributed by atoms with van der Waals surface area (Å²) in [6.45, 7) is 5.85. The second kappa shape index (κ2) is 4.86. The van der Waals surface area contributed by atoms with Crippen molar-refractivity contribution in [3.05, 3.63) is 28.3 Å². The Kier molecular flexibility index (Phi) is 4.00. The molecule has 0 aliphatic rings. The fraction of sp³-hybridized carbons (Fsp3) is 0.500. The number of hydrogen-bond donors (Lipinski definition) is 1. The summed E-state index contributed by atoms with van der Waals surface area (Å²) in [5.74, 6) is 1.06. The molecule has 1 aromatic carbocycles. The van der Waals surface area contributed by atoms with E-state index in [-0.39, 0.29) is 0 Å². The van der Waals surface area contributed by atoms with E-state index in [0.29, 0.717) is 10.9 Å². The number of halogens is 1. The van der Waals surface area contributed by atoms with Gasteiger partial charge in [0, 0.05) is 10.6 Å². The third kappa shape index (κ3) is 2.64. The van der Waals surface area contributed by atoms with Crippen LogP contribution in [0, 0.1) is 0 Å². The monoisotopic (exact) mass is 228 g/mol. The van der Waals surface area contributed by atoms with Gasteiger partial charge in [-0.3, -0.25) is 0 Å². The SMILES string of the molecule is COc1c(C(C)C)cc(Cl)cc1C(C)O. The minimum atomic E-state index is -0.573. The molecule has 0 fully saturated rings. The molecule has 0 aromatic heterocycles. The van der Waals surface area contributed by atoms with Gasteiger partial charge in [-0.2, -0.15) is 0 Å². The number of methoxy groups -OCH3 is 1. The smallest absolute Gasteiger partial charge is 0.128 e. The average molecular weight is 229 g/mol. The first-order valence-electron chi connectivity index (χ1n) is 5.02. The van der Waals surface area contributed by atoms with Crippen LogP contribution in [-0.4, -0.2) is 12.2 Å². The second-order valence-electron chi connectivity index (χ2n) is 3.95. The Morgan fingerprint density at radius 3 is 2.13 bits per heavy atom. The minimum Gasteiger partial charge on any atom is -0.496 e. The molecule has 1 aromatic rings. The zero-order valence-corrected chi connectivity index (χ0v) is 10.3. The van der Waals surface area contributed by atoms with Crippen LogP contribution in [0.15, 0.2) is 12.1 Å². The first kappa shape index (κ1) is 12.3. The van der Waals surface area contributed by atoms with E-state index < -0.39 is 6.10 Å². The van der Waals surface area contributed by atoms with E-state index in [9.17, 15) is 5.11 Å². The van der Waals surface area contributed by atoms with Gasteiger partial charge in [0.25, 0.3) is 0 Å². The van der Waals surface area contributed by atoms with E-state index in [1.807, 2.05) is 6.07 Å². The van der Waals surface area contributed by atoms with Gasteiger partial charge in [0.05, 0.1) is 13.2 Å². The van der Waals surface area contributed by atoms with Gasteiger partial charge in [0.15, 0.2) is 0 Å². The van der Waals surface area contributed by atoms with E-state index >= 15 is 0 Å². The predicted octanol–water partition coefficient (Wildman–Crippen LogP) is 3.53. The fourth-order valence-corrected chi connectivity index (χ4v) is 1.85. The molecule has 0 radical (unpaired) electrons. The molecule has 0 bridgehead atoms. The molecule has 0 saturated carbocycles. The number of aliphatic hydroxyl groups excluding tert-OH is 1. The highest BCUT2D eigenvalue weighted by atomic mass is 35.5. The van der Waals surface area contributed by atoms with Crippen molar-refractivity contribution in [2.75, 3.05) is 7.11 Å². The van der Waals surface area contributed by atoms with Gasteiger partial charge in [0.2, 0.25) is 0 Å². The molecule has 15 heavy (non-hydrogen) atoms. The van der Waals surface area contributed by atoms with Gasteiger partial charge in [-0.1, -0.05) is 25.4 Å². The van der Waals surface area contributed by atoms with Crippen molar-refractivity contribution in [2.24, 2.45) is 0 Å². The highest BCUT2D eigenvalue weighted by Gasteiger charge is 2.16. The van der Waals surface area contributed by atoms with E-state index in [1.165, 1.54) is 0 Å². The number of rotatable bonds is 3. The van der Waals surface area contributed by atoms with Crippen LogP contribution in [0.3, 0.4) is 0 Å². The van der Waals surface area contributed by atoms with Crippen molar-refractivity contribution in [1.29, 1.82) is 0 Å². The summed E-state index contributed by atoms with van der Waals surface area (Å²) < 4.78 is 5.34. The van der Waals surface area contributed by atoms with Crippen molar-refractivity contribution >= 4 is 11.6 Å². The van der Waals surface area contributed by atoms with Gasteiger partial charge in [-0.25, -0.2) is 0 Å². The van der Waals surface area contributed by atoms with Gasteiger partial charge < -0.3 is 9.84 Å². The largest absolute Gasteiger partial charge is 0.496 e. The quantitative estimate of drug-likeness (QED) is 0.858. The van der Waals surface area contributed by atoms with Crippen molar-refractivity contribution in [1.82, 2.24) is 0 Å². The third-order valence-electron chi connectivity index (χ3n) is 2.39. The Morgan fingerprint density at radius 2 is 1.73 bits per heavy atom. The van der Waals surface area contributed by atoms with Crippen LogP contribution in [0.25, 0.3) is 0 Å². The lowest BCUT2D eigenvalue weighted by molar-refractivity contribution is 0.194. The maximum atomic E-state index is 9.63. The summed E-state index contributed by atoms with van der Waals surface area (Å²) in [5, 5.41) is 10.3. The summed E-state index contributed by atoms with van der Waals surface area (Å²) in [4.78, 5) is 0. The average Bonchev–Trinajstić information content (AvgIpc) is 2.16. The van der Waals surface area contributed by atoms with E-state index in [1.54, 1.807) is 20.1 Å². The Bertz CT molecular complexity index is 316. The number of benzene rings is 1. The zero-order chi connectivity index (χ0) is 11.6. The number of hydrogen-bond acceptors (Lipinski definition) is 2. The molecule has 0 aliphatic carbocycles. The van der Waals surface area contributed by atoms with E-state index in [4.69, 9.17) is 16.3 Å². The van der Waals surface area contributed by atoms with E-state index in [2.05, 4.69) is 13.8 Å². The van der Waals surface area contributed by atoms with E-state index in [0.717, 1.165) is 16.9 Å². The zero-order valence-electron chi connectivity index (χ0n) is 9.54. The van der Waals surface area contributed by atoms with Crippen molar-refractivity contribution in [3.63, 3.8) is 0 Å². The van der Waals surface area contributed by atoms with Crippen LogP contribution in [0.2, 0.25) is 5.02 Å². The Hall–Kier alpha value is -0.730. The number of aliphatic hydroxyl groups is 1. The van der Waals surface area contributed by atoms with Crippen molar-refractivity contribution in [3.8, 4) is 5.75 Å². The van der Waals surface area contributed by atoms with Crippen molar-refractivity contribution < 1.29 is 9.84 Å². The highest BCUT2D eigenvalue weighted by molar-refractivity contribution is 6.30. The Morgan fingerprint density at radius 1 is 1.20 bits per heavy atom. The molecule has 2 nitrogen and oxygen atoms in total. The Balaban J connectivity index is 3.38. The minimum absolute atomic E-state index is 0.316. The maximum absolute atomic E-state index is 9.63. The van der Waals surface area contributed by atoms with Crippen LogP contribution >= 0.6 is 11.6 Å².